The Labute approximate surface area is 173 Å². The van der Waals surface area contributed by atoms with Crippen molar-refractivity contribution < 1.29 is 23.9 Å². The normalized spacial score (nSPS) is 11.1. The fourth-order valence-electron chi connectivity index (χ4n) is 2.30. The van der Waals surface area contributed by atoms with Crippen LogP contribution in [0.15, 0.2) is 48.5 Å². The first-order valence-corrected chi connectivity index (χ1v) is 9.20. The molecule has 0 unspecified atom stereocenters. The number of esters is 1. The van der Waals surface area contributed by atoms with Gasteiger partial charge < -0.3 is 25.4 Å². The van der Waals surface area contributed by atoms with E-state index in [0.29, 0.717) is 22.1 Å². The molecule has 1 atom stereocenters. The molecule has 0 aliphatic carbocycles. The first kappa shape index (κ1) is 22.0. The minimum absolute atomic E-state index is 0.0634. The Kier molecular flexibility index (Phi) is 8.29. The lowest BCUT2D eigenvalue weighted by Crippen LogP contribution is -2.33. The van der Waals surface area contributed by atoms with Crippen LogP contribution in [0.25, 0.3) is 0 Å². The molecule has 3 N–H and O–H groups in total. The third-order valence-corrected chi connectivity index (χ3v) is 3.98. The summed E-state index contributed by atoms with van der Waals surface area (Å²) in [6.07, 6.45) is -1.12. The van der Waals surface area contributed by atoms with Crippen molar-refractivity contribution in [3.63, 3.8) is 0 Å². The summed E-state index contributed by atoms with van der Waals surface area (Å²) >= 11 is 5.92. The summed E-state index contributed by atoms with van der Waals surface area (Å²) in [6, 6.07) is 13.2. The largest absolute Gasteiger partial charge is 0.495 e. The van der Waals surface area contributed by atoms with Gasteiger partial charge in [-0.25, -0.2) is 4.79 Å². The maximum absolute atomic E-state index is 12.2. The zero-order chi connectivity index (χ0) is 21.2. The van der Waals surface area contributed by atoms with E-state index in [9.17, 15) is 14.4 Å². The quantitative estimate of drug-likeness (QED) is 0.568. The number of anilines is 2. The predicted octanol–water partition coefficient (Wildman–Crippen LogP) is 3.43. The molecule has 0 heterocycles. The van der Waals surface area contributed by atoms with Crippen LogP contribution in [0.5, 0.6) is 5.75 Å². The number of amides is 3. The van der Waals surface area contributed by atoms with Crippen LogP contribution >= 0.6 is 11.6 Å². The number of methoxy groups -OCH3 is 1. The maximum atomic E-state index is 12.2. The number of halogens is 1. The molecule has 3 amide bonds. The standard InChI is InChI=1S/C20H22ClN3O5/c1-13(19(26)24-16-12-14(21)8-9-17(16)28-2)29-18(25)10-11-22-20(27)23-15-6-4-3-5-7-15/h3-9,12-13H,10-11H2,1-2H3,(H,24,26)(H2,22,23,27)/t13-/m1/s1. The third-order valence-electron chi connectivity index (χ3n) is 3.74. The van der Waals surface area contributed by atoms with Crippen molar-refractivity contribution in [2.75, 3.05) is 24.3 Å². The Bertz CT molecular complexity index is 860. The molecule has 2 aromatic rings. The van der Waals surface area contributed by atoms with Crippen LogP contribution in [-0.2, 0) is 14.3 Å². The molecular weight excluding hydrogens is 398 g/mol. The topological polar surface area (TPSA) is 106 Å². The highest BCUT2D eigenvalue weighted by Gasteiger charge is 2.19. The molecule has 2 aromatic carbocycles. The van der Waals surface area contributed by atoms with Crippen LogP contribution in [0, 0.1) is 0 Å². The molecule has 0 aliphatic rings. The Morgan fingerprint density at radius 2 is 1.79 bits per heavy atom. The summed E-state index contributed by atoms with van der Waals surface area (Å²) in [7, 11) is 1.46. The Morgan fingerprint density at radius 1 is 1.07 bits per heavy atom. The van der Waals surface area contributed by atoms with Crippen molar-refractivity contribution in [2.24, 2.45) is 0 Å². The van der Waals surface area contributed by atoms with Crippen LogP contribution in [0.1, 0.15) is 13.3 Å². The molecule has 0 aromatic heterocycles. The summed E-state index contributed by atoms with van der Waals surface area (Å²) in [5.74, 6) is -0.727. The second-order valence-corrected chi connectivity index (χ2v) is 6.40. The van der Waals surface area contributed by atoms with Gasteiger partial charge in [-0.3, -0.25) is 9.59 Å². The average molecular weight is 420 g/mol. The summed E-state index contributed by atoms with van der Waals surface area (Å²) in [6.45, 7) is 1.51. The minimum atomic E-state index is -1.04. The van der Waals surface area contributed by atoms with Gasteiger partial charge in [-0.05, 0) is 37.3 Å². The van der Waals surface area contributed by atoms with Crippen molar-refractivity contribution >= 4 is 40.9 Å². The number of hydrogen-bond donors (Lipinski definition) is 3. The SMILES string of the molecule is COc1ccc(Cl)cc1NC(=O)[C@@H](C)OC(=O)CCNC(=O)Nc1ccccc1. The lowest BCUT2D eigenvalue weighted by atomic mass is 10.2. The second-order valence-electron chi connectivity index (χ2n) is 5.96. The van der Waals surface area contributed by atoms with Crippen LogP contribution < -0.4 is 20.7 Å². The molecule has 0 fully saturated rings. The summed E-state index contributed by atoms with van der Waals surface area (Å²) in [5, 5.41) is 8.20. The highest BCUT2D eigenvalue weighted by Crippen LogP contribution is 2.27. The van der Waals surface area contributed by atoms with Gasteiger partial charge in [-0.15, -0.1) is 0 Å². The van der Waals surface area contributed by atoms with Gasteiger partial charge in [0.1, 0.15) is 5.75 Å². The van der Waals surface area contributed by atoms with Crippen LogP contribution in [0.4, 0.5) is 16.2 Å². The van der Waals surface area contributed by atoms with E-state index < -0.39 is 24.0 Å². The average Bonchev–Trinajstić information content (AvgIpc) is 2.68. The highest BCUT2D eigenvalue weighted by atomic mass is 35.5. The van der Waals surface area contributed by atoms with Crippen molar-refractivity contribution in [1.82, 2.24) is 5.32 Å². The van der Waals surface area contributed by atoms with E-state index in [1.165, 1.54) is 20.1 Å². The van der Waals surface area contributed by atoms with Crippen LogP contribution in [0.2, 0.25) is 5.02 Å². The highest BCUT2D eigenvalue weighted by molar-refractivity contribution is 6.31. The zero-order valence-electron chi connectivity index (χ0n) is 16.0. The molecule has 2 rings (SSSR count). The first-order chi connectivity index (χ1) is 13.9. The number of para-hydroxylation sites is 1. The summed E-state index contributed by atoms with van der Waals surface area (Å²) < 4.78 is 10.2. The third kappa shape index (κ3) is 7.34. The van der Waals surface area contributed by atoms with Gasteiger partial charge in [-0.2, -0.15) is 0 Å². The van der Waals surface area contributed by atoms with Gasteiger partial charge in [0.05, 0.1) is 19.2 Å². The number of nitrogens with one attached hydrogen (secondary N) is 3. The fourth-order valence-corrected chi connectivity index (χ4v) is 2.47. The number of hydrogen-bond acceptors (Lipinski definition) is 5. The molecule has 29 heavy (non-hydrogen) atoms. The van der Waals surface area contributed by atoms with E-state index in [1.54, 1.807) is 36.4 Å². The van der Waals surface area contributed by atoms with E-state index >= 15 is 0 Å². The maximum Gasteiger partial charge on any atom is 0.319 e. The Morgan fingerprint density at radius 3 is 2.48 bits per heavy atom. The molecular formula is C20H22ClN3O5. The molecule has 154 valence electrons. The molecule has 8 nitrogen and oxygen atoms in total. The van der Waals surface area contributed by atoms with Crippen molar-refractivity contribution in [3.8, 4) is 5.75 Å². The van der Waals surface area contributed by atoms with Gasteiger partial charge in [0.25, 0.3) is 5.91 Å². The van der Waals surface area contributed by atoms with Gasteiger partial charge in [0.15, 0.2) is 6.10 Å². The van der Waals surface area contributed by atoms with Gasteiger partial charge in [0.2, 0.25) is 0 Å². The van der Waals surface area contributed by atoms with Gasteiger partial charge >= 0.3 is 12.0 Å². The minimum Gasteiger partial charge on any atom is -0.495 e. The van der Waals surface area contributed by atoms with Gasteiger partial charge in [0, 0.05) is 17.3 Å². The monoisotopic (exact) mass is 419 g/mol. The van der Waals surface area contributed by atoms with E-state index in [2.05, 4.69) is 16.0 Å². The van der Waals surface area contributed by atoms with Crippen LogP contribution in [0.3, 0.4) is 0 Å². The molecule has 0 bridgehead atoms. The zero-order valence-corrected chi connectivity index (χ0v) is 16.8. The van der Waals surface area contributed by atoms with Gasteiger partial charge in [-0.1, -0.05) is 29.8 Å². The first-order valence-electron chi connectivity index (χ1n) is 8.83. The van der Waals surface area contributed by atoms with Crippen LogP contribution in [-0.4, -0.2) is 37.7 Å². The second kappa shape index (κ2) is 10.9. The number of benzene rings is 2. The molecule has 0 aliphatic heterocycles. The van der Waals surface area contributed by atoms with Crippen molar-refractivity contribution in [2.45, 2.75) is 19.4 Å². The molecule has 9 heteroatoms. The van der Waals surface area contributed by atoms with E-state index in [4.69, 9.17) is 21.1 Å². The summed E-state index contributed by atoms with van der Waals surface area (Å²) in [5.41, 5.74) is 1.00. The number of rotatable bonds is 8. The molecule has 0 spiro atoms. The number of urea groups is 1. The molecule has 0 saturated carbocycles. The lowest BCUT2D eigenvalue weighted by Gasteiger charge is -2.15. The van der Waals surface area contributed by atoms with E-state index in [0.717, 1.165) is 0 Å². The van der Waals surface area contributed by atoms with Crippen molar-refractivity contribution in [1.29, 1.82) is 0 Å². The molecule has 0 saturated heterocycles. The summed E-state index contributed by atoms with van der Waals surface area (Å²) in [4.78, 5) is 35.9. The Balaban J connectivity index is 1.74. The Hall–Kier alpha value is -3.26. The predicted molar refractivity (Wildman–Crippen MR) is 110 cm³/mol. The number of ether oxygens (including phenoxy) is 2. The fraction of sp³-hybridized carbons (Fsp3) is 0.250. The van der Waals surface area contributed by atoms with Crippen molar-refractivity contribution in [3.05, 3.63) is 53.6 Å². The smallest absolute Gasteiger partial charge is 0.319 e. The van der Waals surface area contributed by atoms with E-state index in [1.807, 2.05) is 6.07 Å². The number of carbonyl (C=O) groups is 3. The number of carbonyl (C=O) groups excluding carboxylic acids is 3. The lowest BCUT2D eigenvalue weighted by molar-refractivity contribution is -0.153. The van der Waals surface area contributed by atoms with E-state index in [-0.39, 0.29) is 13.0 Å². The molecule has 0 radical (unpaired) electrons.